The average molecular weight is 162 g/mol. The van der Waals surface area contributed by atoms with Crippen molar-refractivity contribution in [3.05, 3.63) is 36.1 Å². The first kappa shape index (κ1) is 7.37. The highest BCUT2D eigenvalue weighted by Gasteiger charge is 2.06. The third kappa shape index (κ3) is 1.10. The van der Waals surface area contributed by atoms with Crippen molar-refractivity contribution < 1.29 is 9.52 Å². The second-order valence-electron chi connectivity index (χ2n) is 2.86. The van der Waals surface area contributed by atoms with Crippen LogP contribution in [0.5, 0.6) is 0 Å². The van der Waals surface area contributed by atoms with E-state index in [4.69, 9.17) is 4.42 Å². The molecule has 0 bridgehead atoms. The zero-order chi connectivity index (χ0) is 8.55. The fourth-order valence-electron chi connectivity index (χ4n) is 1.21. The normalized spacial score (nSPS) is 13.5. The highest BCUT2D eigenvalue weighted by molar-refractivity contribution is 5.77. The van der Waals surface area contributed by atoms with Gasteiger partial charge in [0.15, 0.2) is 0 Å². The van der Waals surface area contributed by atoms with Gasteiger partial charge in [0.1, 0.15) is 17.4 Å². The molecule has 0 aliphatic rings. The average Bonchev–Trinajstić information content (AvgIpc) is 2.46. The van der Waals surface area contributed by atoms with Crippen LogP contribution in [0.4, 0.5) is 0 Å². The summed E-state index contributed by atoms with van der Waals surface area (Å²) >= 11 is 0. The van der Waals surface area contributed by atoms with Crippen LogP contribution in [0.3, 0.4) is 0 Å². The molecular weight excluding hydrogens is 152 g/mol. The van der Waals surface area contributed by atoms with Crippen molar-refractivity contribution in [3.63, 3.8) is 0 Å². The molecule has 12 heavy (non-hydrogen) atoms. The van der Waals surface area contributed by atoms with E-state index < -0.39 is 6.10 Å². The van der Waals surface area contributed by atoms with E-state index in [1.165, 1.54) is 0 Å². The lowest BCUT2D eigenvalue weighted by Crippen LogP contribution is -1.85. The minimum atomic E-state index is -0.530. The Bertz CT molecular complexity index is 354. The van der Waals surface area contributed by atoms with E-state index in [1.54, 1.807) is 6.92 Å². The highest BCUT2D eigenvalue weighted by Crippen LogP contribution is 2.22. The maximum Gasteiger partial charge on any atom is 0.134 e. The fourth-order valence-corrected chi connectivity index (χ4v) is 1.21. The van der Waals surface area contributed by atoms with Gasteiger partial charge in [-0.15, -0.1) is 0 Å². The molecule has 0 radical (unpaired) electrons. The number of aliphatic hydroxyl groups excluding tert-OH is 1. The number of furan rings is 1. The summed E-state index contributed by atoms with van der Waals surface area (Å²) in [7, 11) is 0. The molecule has 0 amide bonds. The monoisotopic (exact) mass is 162 g/mol. The fraction of sp³-hybridized carbons (Fsp3) is 0.200. The third-order valence-corrected chi connectivity index (χ3v) is 1.86. The molecule has 0 saturated carbocycles. The Hall–Kier alpha value is -1.28. The third-order valence-electron chi connectivity index (χ3n) is 1.86. The first-order valence-corrected chi connectivity index (χ1v) is 3.94. The number of fused-ring (bicyclic) bond motifs is 1. The Morgan fingerprint density at radius 1 is 1.33 bits per heavy atom. The summed E-state index contributed by atoms with van der Waals surface area (Å²) < 4.78 is 5.38. The van der Waals surface area contributed by atoms with Crippen molar-refractivity contribution >= 4 is 11.0 Å². The number of hydrogen-bond donors (Lipinski definition) is 1. The van der Waals surface area contributed by atoms with Crippen LogP contribution in [-0.2, 0) is 0 Å². The lowest BCUT2D eigenvalue weighted by Gasteiger charge is -1.95. The van der Waals surface area contributed by atoms with Gasteiger partial charge in [-0.2, -0.15) is 0 Å². The SMILES string of the molecule is C[C@@H](O)c1cc2ccccc2o1. The zero-order valence-corrected chi connectivity index (χ0v) is 6.82. The summed E-state index contributed by atoms with van der Waals surface area (Å²) in [6.07, 6.45) is -0.530. The van der Waals surface area contributed by atoms with Crippen LogP contribution < -0.4 is 0 Å². The quantitative estimate of drug-likeness (QED) is 0.698. The number of para-hydroxylation sites is 1. The summed E-state index contributed by atoms with van der Waals surface area (Å²) in [6, 6.07) is 9.58. The molecule has 0 saturated heterocycles. The molecule has 1 aromatic carbocycles. The van der Waals surface area contributed by atoms with Crippen LogP contribution in [0.2, 0.25) is 0 Å². The van der Waals surface area contributed by atoms with Gasteiger partial charge in [0.2, 0.25) is 0 Å². The van der Waals surface area contributed by atoms with E-state index in [1.807, 2.05) is 30.3 Å². The van der Waals surface area contributed by atoms with Crippen LogP contribution in [-0.4, -0.2) is 5.11 Å². The van der Waals surface area contributed by atoms with Crippen LogP contribution >= 0.6 is 0 Å². The molecule has 0 unspecified atom stereocenters. The predicted molar refractivity (Wildman–Crippen MR) is 46.8 cm³/mol. The Balaban J connectivity index is 2.62. The van der Waals surface area contributed by atoms with E-state index in [-0.39, 0.29) is 0 Å². The Labute approximate surface area is 70.4 Å². The van der Waals surface area contributed by atoms with Gasteiger partial charge in [0.25, 0.3) is 0 Å². The standard InChI is InChI=1S/C10H10O2/c1-7(11)10-6-8-4-2-3-5-9(8)12-10/h2-7,11H,1H3/t7-/m1/s1. The molecule has 1 aromatic heterocycles. The predicted octanol–water partition coefficient (Wildman–Crippen LogP) is 2.49. The Morgan fingerprint density at radius 3 is 2.75 bits per heavy atom. The molecule has 62 valence electrons. The summed E-state index contributed by atoms with van der Waals surface area (Å²) in [5.74, 6) is 0.621. The van der Waals surface area contributed by atoms with Gasteiger partial charge in [-0.3, -0.25) is 0 Å². The largest absolute Gasteiger partial charge is 0.458 e. The number of hydrogen-bond acceptors (Lipinski definition) is 2. The summed E-state index contributed by atoms with van der Waals surface area (Å²) in [5.41, 5.74) is 0.827. The van der Waals surface area contributed by atoms with E-state index >= 15 is 0 Å². The lowest BCUT2D eigenvalue weighted by atomic mass is 10.2. The lowest BCUT2D eigenvalue weighted by molar-refractivity contribution is 0.172. The summed E-state index contributed by atoms with van der Waals surface area (Å²) in [5, 5.41) is 10.3. The van der Waals surface area contributed by atoms with Gasteiger partial charge in [-0.05, 0) is 19.1 Å². The molecule has 0 aliphatic carbocycles. The maximum atomic E-state index is 9.23. The summed E-state index contributed by atoms with van der Waals surface area (Å²) in [6.45, 7) is 1.69. The van der Waals surface area contributed by atoms with Crippen LogP contribution in [0.25, 0.3) is 11.0 Å². The topological polar surface area (TPSA) is 33.4 Å². The maximum absolute atomic E-state index is 9.23. The van der Waals surface area contributed by atoms with E-state index in [9.17, 15) is 5.11 Å². The zero-order valence-electron chi connectivity index (χ0n) is 6.82. The van der Waals surface area contributed by atoms with Crippen molar-refractivity contribution in [1.29, 1.82) is 0 Å². The second kappa shape index (κ2) is 2.64. The van der Waals surface area contributed by atoms with Crippen molar-refractivity contribution in [2.75, 3.05) is 0 Å². The van der Waals surface area contributed by atoms with E-state index in [0.29, 0.717) is 5.76 Å². The first-order valence-electron chi connectivity index (χ1n) is 3.94. The minimum absolute atomic E-state index is 0.530. The molecule has 1 N–H and O–H groups in total. The van der Waals surface area contributed by atoms with Crippen molar-refractivity contribution in [3.8, 4) is 0 Å². The molecule has 2 nitrogen and oxygen atoms in total. The second-order valence-corrected chi connectivity index (χ2v) is 2.86. The van der Waals surface area contributed by atoms with Gasteiger partial charge in [0.05, 0.1) is 0 Å². The number of rotatable bonds is 1. The molecule has 1 heterocycles. The Morgan fingerprint density at radius 2 is 2.08 bits per heavy atom. The number of benzene rings is 1. The first-order chi connectivity index (χ1) is 5.77. The van der Waals surface area contributed by atoms with E-state index in [0.717, 1.165) is 11.0 Å². The van der Waals surface area contributed by atoms with E-state index in [2.05, 4.69) is 0 Å². The van der Waals surface area contributed by atoms with Gasteiger partial charge in [-0.1, -0.05) is 18.2 Å². The molecular formula is C10H10O2. The van der Waals surface area contributed by atoms with Crippen LogP contribution in [0.15, 0.2) is 34.7 Å². The van der Waals surface area contributed by atoms with Crippen molar-refractivity contribution in [1.82, 2.24) is 0 Å². The number of aliphatic hydroxyl groups is 1. The van der Waals surface area contributed by atoms with Crippen LogP contribution in [0, 0.1) is 0 Å². The molecule has 1 atom stereocenters. The molecule has 0 fully saturated rings. The van der Waals surface area contributed by atoms with Crippen molar-refractivity contribution in [2.45, 2.75) is 13.0 Å². The van der Waals surface area contributed by atoms with Gasteiger partial charge in [-0.25, -0.2) is 0 Å². The van der Waals surface area contributed by atoms with Crippen molar-refractivity contribution in [2.24, 2.45) is 0 Å². The molecule has 2 heteroatoms. The van der Waals surface area contributed by atoms with Gasteiger partial charge >= 0.3 is 0 Å². The Kier molecular flexibility index (Phi) is 1.62. The highest BCUT2D eigenvalue weighted by atomic mass is 16.4. The van der Waals surface area contributed by atoms with Crippen LogP contribution in [0.1, 0.15) is 18.8 Å². The molecule has 0 aliphatic heterocycles. The summed E-state index contributed by atoms with van der Waals surface area (Å²) in [4.78, 5) is 0. The smallest absolute Gasteiger partial charge is 0.134 e. The van der Waals surface area contributed by atoms with Gasteiger partial charge < -0.3 is 9.52 Å². The van der Waals surface area contributed by atoms with Gasteiger partial charge in [0, 0.05) is 5.39 Å². The molecule has 0 spiro atoms. The molecule has 2 rings (SSSR count). The molecule has 2 aromatic rings. The minimum Gasteiger partial charge on any atom is -0.458 e.